The molecule has 2 heterocycles. The quantitative estimate of drug-likeness (QED) is 0.789. The Morgan fingerprint density at radius 2 is 2.15 bits per heavy atom. The zero-order chi connectivity index (χ0) is 13.5. The summed E-state index contributed by atoms with van der Waals surface area (Å²) in [7, 11) is 0. The summed E-state index contributed by atoms with van der Waals surface area (Å²) in [4.78, 5) is 4.29. The van der Waals surface area contributed by atoms with Gasteiger partial charge >= 0.3 is 0 Å². The Hall–Kier alpha value is -2.07. The van der Waals surface area contributed by atoms with E-state index >= 15 is 0 Å². The van der Waals surface area contributed by atoms with E-state index in [0.29, 0.717) is 6.04 Å². The predicted molar refractivity (Wildman–Crippen MR) is 77.5 cm³/mol. The Morgan fingerprint density at radius 3 is 2.95 bits per heavy atom. The van der Waals surface area contributed by atoms with Crippen LogP contribution in [0.1, 0.15) is 30.1 Å². The molecule has 4 nitrogen and oxygen atoms in total. The molecule has 0 spiro atoms. The highest BCUT2D eigenvalue weighted by Crippen LogP contribution is 2.36. The van der Waals surface area contributed by atoms with Crippen LogP contribution in [0.3, 0.4) is 0 Å². The lowest BCUT2D eigenvalue weighted by atomic mass is 10.1. The van der Waals surface area contributed by atoms with Crippen LogP contribution in [0, 0.1) is 0 Å². The fraction of sp³-hybridized carbons (Fsp3) is 0.312. The Labute approximate surface area is 117 Å². The fourth-order valence-corrected chi connectivity index (χ4v) is 2.91. The number of nitrogens with zero attached hydrogens (tertiary/aromatic N) is 3. The maximum Gasteiger partial charge on any atom is 0.0951 e. The first kappa shape index (κ1) is 11.7. The largest absolute Gasteiger partial charge is 0.392 e. The molecule has 0 radical (unpaired) electrons. The number of para-hydroxylation sites is 1. The molecule has 102 valence electrons. The third kappa shape index (κ3) is 1.84. The summed E-state index contributed by atoms with van der Waals surface area (Å²) in [5.41, 5.74) is 3.33. The standard InChI is InChI=1S/C16H17N3O/c20-10-13-3-1-2-12-6-7-18(16(12)13)9-15-8-17-11-19(15)14-4-5-14/h1-3,6-8,11,14,20H,4-5,9-10H2. The third-order valence-electron chi connectivity index (χ3n) is 4.06. The minimum Gasteiger partial charge on any atom is -0.392 e. The molecule has 0 unspecified atom stereocenters. The van der Waals surface area contributed by atoms with E-state index in [1.165, 1.54) is 23.9 Å². The molecule has 1 N–H and O–H groups in total. The van der Waals surface area contributed by atoms with E-state index < -0.39 is 0 Å². The van der Waals surface area contributed by atoms with Crippen molar-refractivity contribution in [1.82, 2.24) is 14.1 Å². The van der Waals surface area contributed by atoms with E-state index in [9.17, 15) is 5.11 Å². The van der Waals surface area contributed by atoms with Crippen LogP contribution >= 0.6 is 0 Å². The first-order valence-electron chi connectivity index (χ1n) is 7.05. The first-order valence-corrected chi connectivity index (χ1v) is 7.05. The van der Waals surface area contributed by atoms with Gasteiger partial charge in [-0.1, -0.05) is 18.2 Å². The molecule has 0 bridgehead atoms. The number of hydrogen-bond donors (Lipinski definition) is 1. The lowest BCUT2D eigenvalue weighted by molar-refractivity contribution is 0.283. The molecular formula is C16H17N3O. The van der Waals surface area contributed by atoms with Crippen LogP contribution in [0.2, 0.25) is 0 Å². The van der Waals surface area contributed by atoms with Gasteiger partial charge in [-0.25, -0.2) is 4.98 Å². The molecule has 1 aliphatic rings. The molecule has 3 aromatic rings. The molecule has 0 aliphatic heterocycles. The van der Waals surface area contributed by atoms with Crippen LogP contribution in [-0.2, 0) is 13.2 Å². The van der Waals surface area contributed by atoms with Gasteiger partial charge in [0.1, 0.15) is 0 Å². The maximum atomic E-state index is 9.53. The average Bonchev–Trinajstić information content (AvgIpc) is 3.08. The van der Waals surface area contributed by atoms with Crippen LogP contribution in [0.4, 0.5) is 0 Å². The van der Waals surface area contributed by atoms with Crippen LogP contribution in [0.15, 0.2) is 43.0 Å². The van der Waals surface area contributed by atoms with Gasteiger partial charge in [-0.15, -0.1) is 0 Å². The minimum atomic E-state index is 0.0727. The number of aliphatic hydroxyl groups is 1. The molecule has 1 fully saturated rings. The van der Waals surface area contributed by atoms with Crippen molar-refractivity contribution in [3.63, 3.8) is 0 Å². The van der Waals surface area contributed by atoms with Crippen molar-refractivity contribution in [3.8, 4) is 0 Å². The molecule has 1 saturated carbocycles. The van der Waals surface area contributed by atoms with E-state index in [4.69, 9.17) is 0 Å². The van der Waals surface area contributed by atoms with Crippen molar-refractivity contribution < 1.29 is 5.11 Å². The molecule has 20 heavy (non-hydrogen) atoms. The number of aliphatic hydroxyl groups excluding tert-OH is 1. The normalized spacial score (nSPS) is 15.1. The van der Waals surface area contributed by atoms with Crippen LogP contribution in [0.25, 0.3) is 10.9 Å². The first-order chi connectivity index (χ1) is 9.86. The molecule has 4 rings (SSSR count). The predicted octanol–water partition coefficient (Wildman–Crippen LogP) is 2.71. The van der Waals surface area contributed by atoms with Crippen molar-refractivity contribution in [2.45, 2.75) is 32.0 Å². The summed E-state index contributed by atoms with van der Waals surface area (Å²) in [6.07, 6.45) is 8.50. The van der Waals surface area contributed by atoms with E-state index in [1.54, 1.807) is 0 Å². The Bertz CT molecular complexity index is 752. The highest BCUT2D eigenvalue weighted by atomic mass is 16.3. The highest BCUT2D eigenvalue weighted by Gasteiger charge is 2.25. The van der Waals surface area contributed by atoms with Gasteiger partial charge < -0.3 is 14.2 Å². The maximum absolute atomic E-state index is 9.53. The topological polar surface area (TPSA) is 43.0 Å². The zero-order valence-electron chi connectivity index (χ0n) is 11.2. The molecule has 2 aromatic heterocycles. The number of hydrogen-bond acceptors (Lipinski definition) is 2. The van der Waals surface area contributed by atoms with Crippen molar-refractivity contribution in [2.75, 3.05) is 0 Å². The van der Waals surface area contributed by atoms with Crippen molar-refractivity contribution >= 4 is 10.9 Å². The van der Waals surface area contributed by atoms with Gasteiger partial charge in [0.25, 0.3) is 0 Å². The summed E-state index contributed by atoms with van der Waals surface area (Å²) in [5.74, 6) is 0. The van der Waals surface area contributed by atoms with Gasteiger partial charge in [0.15, 0.2) is 0 Å². The lowest BCUT2D eigenvalue weighted by Gasteiger charge is -2.10. The van der Waals surface area contributed by atoms with Crippen LogP contribution in [-0.4, -0.2) is 19.2 Å². The summed E-state index contributed by atoms with van der Waals surface area (Å²) >= 11 is 0. The Morgan fingerprint density at radius 1 is 1.25 bits per heavy atom. The second-order valence-corrected chi connectivity index (χ2v) is 5.48. The van der Waals surface area contributed by atoms with E-state index in [2.05, 4.69) is 32.4 Å². The van der Waals surface area contributed by atoms with Gasteiger partial charge in [0, 0.05) is 24.0 Å². The molecule has 0 saturated heterocycles. The molecule has 0 amide bonds. The Kier molecular flexibility index (Phi) is 2.63. The number of imidazole rings is 1. The van der Waals surface area contributed by atoms with Crippen molar-refractivity contribution in [1.29, 1.82) is 0 Å². The monoisotopic (exact) mass is 267 g/mol. The number of aromatic nitrogens is 3. The van der Waals surface area contributed by atoms with Gasteiger partial charge in [0.2, 0.25) is 0 Å². The van der Waals surface area contributed by atoms with Gasteiger partial charge in [-0.3, -0.25) is 0 Å². The van der Waals surface area contributed by atoms with E-state index in [0.717, 1.165) is 17.6 Å². The number of rotatable bonds is 4. The second kappa shape index (κ2) is 4.49. The smallest absolute Gasteiger partial charge is 0.0951 e. The lowest BCUT2D eigenvalue weighted by Crippen LogP contribution is -2.06. The van der Waals surface area contributed by atoms with Crippen molar-refractivity contribution in [3.05, 3.63) is 54.2 Å². The summed E-state index contributed by atoms with van der Waals surface area (Å²) in [5, 5.41) is 10.7. The summed E-state index contributed by atoms with van der Waals surface area (Å²) < 4.78 is 4.49. The molecule has 1 aromatic carbocycles. The second-order valence-electron chi connectivity index (χ2n) is 5.48. The summed E-state index contributed by atoms with van der Waals surface area (Å²) in [6, 6.07) is 8.81. The van der Waals surface area contributed by atoms with Crippen molar-refractivity contribution in [2.24, 2.45) is 0 Å². The van der Waals surface area contributed by atoms with E-state index in [-0.39, 0.29) is 6.61 Å². The van der Waals surface area contributed by atoms with Gasteiger partial charge in [0.05, 0.1) is 30.7 Å². The Balaban J connectivity index is 1.76. The van der Waals surface area contributed by atoms with Gasteiger partial charge in [-0.2, -0.15) is 0 Å². The van der Waals surface area contributed by atoms with Crippen LogP contribution in [0.5, 0.6) is 0 Å². The highest BCUT2D eigenvalue weighted by molar-refractivity contribution is 5.83. The molecule has 1 aliphatic carbocycles. The number of benzene rings is 1. The molecule has 4 heteroatoms. The fourth-order valence-electron chi connectivity index (χ4n) is 2.91. The van der Waals surface area contributed by atoms with Gasteiger partial charge in [-0.05, 0) is 24.3 Å². The SMILES string of the molecule is OCc1cccc2ccn(Cc3cncn3C3CC3)c12. The molecular weight excluding hydrogens is 250 g/mol. The van der Waals surface area contributed by atoms with E-state index in [1.807, 2.05) is 24.7 Å². The zero-order valence-corrected chi connectivity index (χ0v) is 11.2. The summed E-state index contributed by atoms with van der Waals surface area (Å²) in [6.45, 7) is 0.875. The minimum absolute atomic E-state index is 0.0727. The average molecular weight is 267 g/mol. The number of fused-ring (bicyclic) bond motifs is 1. The third-order valence-corrected chi connectivity index (χ3v) is 4.06. The molecule has 0 atom stereocenters. The van der Waals surface area contributed by atoms with Crippen LogP contribution < -0.4 is 0 Å².